The van der Waals surface area contributed by atoms with E-state index in [9.17, 15) is 26.2 Å². The Balaban J connectivity index is 1.20. The van der Waals surface area contributed by atoms with E-state index in [1.165, 1.54) is 38.3 Å². The maximum Gasteiger partial charge on any atom is 0.410 e. The molecule has 3 aliphatic heterocycles. The number of hydroxylamine groups is 3. The molecule has 15 heteroatoms. The van der Waals surface area contributed by atoms with Crippen LogP contribution < -0.4 is 9.80 Å². The van der Waals surface area contributed by atoms with Gasteiger partial charge in [-0.15, -0.1) is 0 Å². The second-order valence-electron chi connectivity index (χ2n) is 20.4. The largest absolute Gasteiger partial charge is 0.748 e. The number of allylic oxidation sites excluding steroid dienone is 7. The summed E-state index contributed by atoms with van der Waals surface area (Å²) in [5.41, 5.74) is 9.34. The lowest BCUT2D eigenvalue weighted by Crippen LogP contribution is -3.13. The number of fused-ring (bicyclic) bond motifs is 6. The Morgan fingerprint density at radius 1 is 0.775 bits per heavy atom. The summed E-state index contributed by atoms with van der Waals surface area (Å²) in [6.45, 7) is 22.0. The first-order chi connectivity index (χ1) is 33.8. The van der Waals surface area contributed by atoms with Crippen molar-refractivity contribution < 1.29 is 49.3 Å². The van der Waals surface area contributed by atoms with Gasteiger partial charge in [-0.2, -0.15) is 17.6 Å². The summed E-state index contributed by atoms with van der Waals surface area (Å²) in [5, 5.41) is 4.59. The average molecular weight is 1010 g/mol. The minimum Gasteiger partial charge on any atom is -0.748 e. The highest BCUT2D eigenvalue weighted by molar-refractivity contribution is 7.86. The molecule has 0 spiro atoms. The van der Waals surface area contributed by atoms with Crippen LogP contribution in [0.5, 0.6) is 0 Å². The van der Waals surface area contributed by atoms with Crippen LogP contribution in [0.25, 0.3) is 21.5 Å². The minimum absolute atomic E-state index is 0.0642. The van der Waals surface area contributed by atoms with Crippen molar-refractivity contribution in [1.82, 2.24) is 4.90 Å². The van der Waals surface area contributed by atoms with Gasteiger partial charge in [-0.25, -0.2) is 13.2 Å². The van der Waals surface area contributed by atoms with Gasteiger partial charge in [0.25, 0.3) is 0 Å². The van der Waals surface area contributed by atoms with Gasteiger partial charge in [0, 0.05) is 64.4 Å². The van der Waals surface area contributed by atoms with Gasteiger partial charge in [0.1, 0.15) is 31.9 Å². The van der Waals surface area contributed by atoms with Gasteiger partial charge in [-0.1, -0.05) is 78.8 Å². The fourth-order valence-electron chi connectivity index (χ4n) is 11.8. The molecule has 4 aromatic carbocycles. The van der Waals surface area contributed by atoms with Crippen molar-refractivity contribution in [2.45, 2.75) is 91.9 Å². The maximum absolute atomic E-state index is 13.6. The van der Waals surface area contributed by atoms with Crippen LogP contribution in [0.4, 0.5) is 16.2 Å². The normalized spacial score (nSPS) is 19.6. The van der Waals surface area contributed by atoms with E-state index in [-0.39, 0.29) is 22.9 Å². The summed E-state index contributed by atoms with van der Waals surface area (Å²) in [4.78, 5) is 18.3. The number of nitrogens with zero attached hydrogens (tertiary/aromatic N) is 4. The second-order valence-corrected chi connectivity index (χ2v) is 23.6. The van der Waals surface area contributed by atoms with Gasteiger partial charge in [0.15, 0.2) is 5.71 Å². The molecule has 8 rings (SSSR count). The van der Waals surface area contributed by atoms with Gasteiger partial charge < -0.3 is 14.2 Å². The van der Waals surface area contributed by atoms with Crippen molar-refractivity contribution in [2.24, 2.45) is 0 Å². The topological polar surface area (TPSA) is 141 Å². The van der Waals surface area contributed by atoms with E-state index in [2.05, 4.69) is 122 Å². The summed E-state index contributed by atoms with van der Waals surface area (Å²) in [7, 11) is -8.22. The van der Waals surface area contributed by atoms with E-state index < -0.39 is 36.8 Å². The van der Waals surface area contributed by atoms with Crippen molar-refractivity contribution >= 4 is 65.0 Å². The summed E-state index contributed by atoms with van der Waals surface area (Å²) in [6, 6.07) is 25.3. The third-order valence-electron chi connectivity index (χ3n) is 15.5. The zero-order valence-corrected chi connectivity index (χ0v) is 44.6. The monoisotopic (exact) mass is 1010 g/mol. The fourth-order valence-corrected chi connectivity index (χ4v) is 13.6. The molecule has 1 N–H and O–H groups in total. The first-order valence-electron chi connectivity index (χ1n) is 25.6. The highest BCUT2D eigenvalue weighted by Gasteiger charge is 2.46. The number of quaternary nitrogens is 2. The molecule has 0 aromatic heterocycles. The van der Waals surface area contributed by atoms with E-state index in [1.807, 2.05) is 39.8 Å². The number of ether oxygens (including phenoxy) is 1. The molecule has 1 amide bonds. The Morgan fingerprint density at radius 2 is 1.41 bits per heavy atom. The van der Waals surface area contributed by atoms with E-state index in [0.717, 1.165) is 51.8 Å². The molecule has 0 unspecified atom stereocenters. The molecule has 71 heavy (non-hydrogen) atoms. The van der Waals surface area contributed by atoms with Crippen molar-refractivity contribution in [3.05, 3.63) is 131 Å². The van der Waals surface area contributed by atoms with E-state index in [4.69, 9.17) is 9.02 Å². The van der Waals surface area contributed by atoms with Crippen LogP contribution in [0.15, 0.2) is 120 Å². The molecule has 380 valence electrons. The number of rotatable bonds is 18. The smallest absolute Gasteiger partial charge is 0.410 e. The Kier molecular flexibility index (Phi) is 15.3. The molecule has 3 heterocycles. The summed E-state index contributed by atoms with van der Waals surface area (Å²) >= 11 is 0. The summed E-state index contributed by atoms with van der Waals surface area (Å²) in [6.07, 6.45) is 10.9. The molecule has 4 aliphatic rings. The van der Waals surface area contributed by atoms with Crippen LogP contribution in [-0.2, 0) is 40.1 Å². The highest BCUT2D eigenvalue weighted by Crippen LogP contribution is 2.51. The lowest BCUT2D eigenvalue weighted by Gasteiger charge is -2.32. The first kappa shape index (κ1) is 52.2. The lowest BCUT2D eigenvalue weighted by atomic mass is 9.79. The van der Waals surface area contributed by atoms with Gasteiger partial charge in [-0.05, 0) is 112 Å². The third kappa shape index (κ3) is 10.5. The third-order valence-corrected chi connectivity index (χ3v) is 17.6. The minimum atomic E-state index is -4.40. The predicted molar refractivity (Wildman–Crippen MR) is 282 cm³/mol. The molecular weight excluding hydrogens is 935 g/mol. The van der Waals surface area contributed by atoms with Crippen LogP contribution in [-0.4, -0.2) is 124 Å². The fraction of sp³-hybridized carbons (Fsp3) is 0.464. The molecule has 0 atom stereocenters. The van der Waals surface area contributed by atoms with Gasteiger partial charge >= 0.3 is 16.2 Å². The van der Waals surface area contributed by atoms with Gasteiger partial charge in [0.05, 0.1) is 54.1 Å². The van der Waals surface area contributed by atoms with Crippen LogP contribution in [0.3, 0.4) is 0 Å². The van der Waals surface area contributed by atoms with E-state index in [0.29, 0.717) is 71.9 Å². The average Bonchev–Trinajstić information content (AvgIpc) is 3.92. The van der Waals surface area contributed by atoms with Crippen LogP contribution in [0.1, 0.15) is 92.2 Å². The second kappa shape index (κ2) is 20.8. The Hall–Kier alpha value is -5.16. The molecule has 0 bridgehead atoms. The van der Waals surface area contributed by atoms with E-state index >= 15 is 0 Å². The maximum atomic E-state index is 13.6. The number of carbonyl (C=O) groups is 1. The SMILES string of the molecule is CCOC(=O)N1CC[NH+](C2=C(C=CC3=[N+](CCCS(=O)(=O)[O-])c4ccc5ccccc5c4C3(C)C)CCC2=CC=C2N(CCCS(=O)(=O)O[N+](CC)(CC)CC)c3ccc4ccccc4c3C2(C)C)CC1. The summed E-state index contributed by atoms with van der Waals surface area (Å²) < 4.78 is 76.1. The van der Waals surface area contributed by atoms with Crippen molar-refractivity contribution in [1.29, 1.82) is 0 Å². The molecule has 13 nitrogen and oxygen atoms in total. The van der Waals surface area contributed by atoms with Crippen LogP contribution in [0, 0.1) is 0 Å². The molecule has 0 radical (unpaired) electrons. The number of benzene rings is 4. The number of hydrogen-bond acceptors (Lipinski definition) is 9. The van der Waals surface area contributed by atoms with Crippen molar-refractivity contribution in [3.8, 4) is 0 Å². The molecule has 1 aliphatic carbocycles. The summed E-state index contributed by atoms with van der Waals surface area (Å²) in [5.74, 6) is -0.541. The molecular formula is C56H73N5O8S2+2. The zero-order valence-electron chi connectivity index (χ0n) is 42.9. The lowest BCUT2D eigenvalue weighted by molar-refractivity contribution is -1.08. The Morgan fingerprint density at radius 3 is 2.04 bits per heavy atom. The number of hydrogen-bond donors (Lipinski definition) is 1. The standard InChI is InChI=1S/C56H72N5O8S2/c1-9-61(10-2,11-3)69-71(66,67)40-18-34-60-48-30-26-42-20-14-16-22-46(42)52(48)56(7,8)50(60)32-28-44-24-23-43(53(44)57-35-37-58(38-36-57)54(62)68-12-4)27-31-49-55(5,6)51-45-21-15-13-19-41(45)25-29-47(51)59(49)33-17-39-70(63,64)65/h13-16,19-22,25-32H,9-12,17-18,23-24,33-40H2,1-8H3/q+1/p+1. The predicted octanol–water partition coefficient (Wildman–Crippen LogP) is 8.40. The number of carbonyl (C=O) groups excluding carboxylic acids is 1. The number of amides is 1. The van der Waals surface area contributed by atoms with Gasteiger partial charge in [0.2, 0.25) is 5.69 Å². The van der Waals surface area contributed by atoms with Crippen molar-refractivity contribution in [2.75, 3.05) is 81.9 Å². The number of piperazine rings is 1. The first-order valence-corrected chi connectivity index (χ1v) is 28.7. The highest BCUT2D eigenvalue weighted by atomic mass is 32.2. The number of anilines is 1. The quantitative estimate of drug-likeness (QED) is 0.0451. The molecule has 1 fully saturated rings. The van der Waals surface area contributed by atoms with Crippen LogP contribution >= 0.6 is 0 Å². The van der Waals surface area contributed by atoms with Crippen LogP contribution in [0.2, 0.25) is 0 Å². The number of nitrogens with one attached hydrogen (secondary N) is 1. The Bertz CT molecular complexity index is 3080. The molecule has 0 saturated carbocycles. The van der Waals surface area contributed by atoms with E-state index in [1.54, 1.807) is 4.90 Å². The Labute approximate surface area is 421 Å². The van der Waals surface area contributed by atoms with Crippen molar-refractivity contribution in [3.63, 3.8) is 0 Å². The van der Waals surface area contributed by atoms with Gasteiger partial charge in [-0.3, -0.25) is 9.80 Å². The zero-order chi connectivity index (χ0) is 50.9. The molecule has 1 saturated heterocycles. The molecule has 4 aromatic rings.